The quantitative estimate of drug-likeness (QED) is 0.596. The minimum Gasteiger partial charge on any atom is -0.118 e. The fourth-order valence-electron chi connectivity index (χ4n) is 3.27. The van der Waals surface area contributed by atoms with E-state index in [2.05, 4.69) is 33.8 Å². The molecule has 0 bridgehead atoms. The van der Waals surface area contributed by atoms with Crippen molar-refractivity contribution in [1.82, 2.24) is 0 Å². The van der Waals surface area contributed by atoms with Gasteiger partial charge in [-0.2, -0.15) is 0 Å². The molecule has 0 radical (unpaired) electrons. The Labute approximate surface area is 109 Å². The number of hydrogen-bond donors (Lipinski definition) is 0. The van der Waals surface area contributed by atoms with Crippen molar-refractivity contribution in [2.24, 2.45) is 5.41 Å². The summed E-state index contributed by atoms with van der Waals surface area (Å²) in [5, 5.41) is 0. The third-order valence-corrected chi connectivity index (χ3v) is 7.00. The van der Waals surface area contributed by atoms with Crippen molar-refractivity contribution in [3.05, 3.63) is 22.8 Å². The van der Waals surface area contributed by atoms with Crippen LogP contribution in [0, 0.1) is 5.41 Å². The van der Waals surface area contributed by atoms with Crippen molar-refractivity contribution in [3.8, 4) is 0 Å². The minimum absolute atomic E-state index is 0.379. The monoisotopic (exact) mass is 250 g/mol. The number of rotatable bonds is 3. The van der Waals surface area contributed by atoms with E-state index in [4.69, 9.17) is 0 Å². The topological polar surface area (TPSA) is 0 Å². The van der Waals surface area contributed by atoms with Crippen LogP contribution in [0.5, 0.6) is 0 Å². The second-order valence-corrected chi connectivity index (χ2v) is 7.79. The van der Waals surface area contributed by atoms with Gasteiger partial charge < -0.3 is 0 Å². The first kappa shape index (κ1) is 13.3. The van der Waals surface area contributed by atoms with Crippen LogP contribution in [0.25, 0.3) is 0 Å². The van der Waals surface area contributed by atoms with Crippen molar-refractivity contribution < 1.29 is 0 Å². The largest absolute Gasteiger partial charge is 0.118 e. The first-order chi connectivity index (χ1) is 8.03. The van der Waals surface area contributed by atoms with Gasteiger partial charge in [0.25, 0.3) is 0 Å². The van der Waals surface area contributed by atoms with Crippen LogP contribution in [0.2, 0.25) is 0 Å². The molecular formula is C16H27P. The average Bonchev–Trinajstić information content (AvgIpc) is 2.53. The molecule has 0 aromatic rings. The summed E-state index contributed by atoms with van der Waals surface area (Å²) in [6.07, 6.45) is 11.4. The highest BCUT2D eigenvalue weighted by Crippen LogP contribution is 2.46. The summed E-state index contributed by atoms with van der Waals surface area (Å²) in [6, 6.07) is 0. The minimum atomic E-state index is 0.379. The summed E-state index contributed by atoms with van der Waals surface area (Å²) in [6.45, 7) is 9.34. The smallest absolute Gasteiger partial charge is 0.0108 e. The molecule has 96 valence electrons. The maximum absolute atomic E-state index is 2.52. The molecule has 1 heteroatoms. The lowest BCUT2D eigenvalue weighted by atomic mass is 9.87. The van der Waals surface area contributed by atoms with E-state index in [9.17, 15) is 0 Å². The zero-order chi connectivity index (χ0) is 12.5. The molecule has 0 aromatic heterocycles. The van der Waals surface area contributed by atoms with Crippen LogP contribution in [0.4, 0.5) is 0 Å². The molecule has 0 amide bonds. The average molecular weight is 250 g/mol. The van der Waals surface area contributed by atoms with E-state index in [0.29, 0.717) is 5.41 Å². The lowest BCUT2D eigenvalue weighted by molar-refractivity contribution is 0.509. The van der Waals surface area contributed by atoms with Gasteiger partial charge in [-0.1, -0.05) is 43.4 Å². The van der Waals surface area contributed by atoms with Gasteiger partial charge in [0.05, 0.1) is 0 Å². The van der Waals surface area contributed by atoms with Crippen molar-refractivity contribution in [2.75, 3.05) is 6.16 Å². The van der Waals surface area contributed by atoms with Crippen molar-refractivity contribution >= 4 is 8.58 Å². The molecular weight excluding hydrogens is 223 g/mol. The Kier molecular flexibility index (Phi) is 4.14. The second-order valence-electron chi connectivity index (χ2n) is 6.21. The first-order valence-corrected chi connectivity index (χ1v) is 8.42. The van der Waals surface area contributed by atoms with Crippen LogP contribution in [0.3, 0.4) is 0 Å². The molecule has 0 saturated heterocycles. The summed E-state index contributed by atoms with van der Waals surface area (Å²) in [7, 11) is 1.17. The lowest BCUT2D eigenvalue weighted by Gasteiger charge is -2.29. The second kappa shape index (κ2) is 5.27. The fraction of sp³-hybridized carbons (Fsp3) is 0.750. The van der Waals surface area contributed by atoms with Gasteiger partial charge >= 0.3 is 0 Å². The fourth-order valence-corrected chi connectivity index (χ4v) is 5.16. The van der Waals surface area contributed by atoms with Crippen molar-refractivity contribution in [2.45, 2.75) is 65.5 Å². The number of hydrogen-bond acceptors (Lipinski definition) is 0. The van der Waals surface area contributed by atoms with Crippen LogP contribution in [0.1, 0.15) is 59.8 Å². The summed E-state index contributed by atoms with van der Waals surface area (Å²) in [4.78, 5) is 0. The molecule has 0 N–H and O–H groups in total. The molecule has 2 rings (SSSR count). The van der Waals surface area contributed by atoms with E-state index >= 15 is 0 Å². The molecule has 0 aromatic carbocycles. The maximum Gasteiger partial charge on any atom is 0.0108 e. The van der Waals surface area contributed by atoms with Crippen LogP contribution in [-0.2, 0) is 0 Å². The summed E-state index contributed by atoms with van der Waals surface area (Å²) < 4.78 is 0. The maximum atomic E-state index is 2.52. The number of allylic oxidation sites excluding steroid dienone is 4. The predicted octanol–water partition coefficient (Wildman–Crippen LogP) is 5.30. The van der Waals surface area contributed by atoms with Crippen molar-refractivity contribution in [1.29, 1.82) is 0 Å². The van der Waals surface area contributed by atoms with E-state index < -0.39 is 0 Å². The van der Waals surface area contributed by atoms with Gasteiger partial charge in [0.2, 0.25) is 0 Å². The van der Waals surface area contributed by atoms with Gasteiger partial charge in [-0.05, 0) is 51.0 Å². The molecule has 17 heavy (non-hydrogen) atoms. The molecule has 0 heterocycles. The van der Waals surface area contributed by atoms with Gasteiger partial charge in [-0.3, -0.25) is 0 Å². The molecule has 1 fully saturated rings. The van der Waals surface area contributed by atoms with Gasteiger partial charge in [0, 0.05) is 5.41 Å². The van der Waals surface area contributed by atoms with Crippen LogP contribution >= 0.6 is 8.58 Å². The highest BCUT2D eigenvalue weighted by Gasteiger charge is 2.31. The SMILES string of the molecule is CC1=CC(C)(CPC2CCCCC2)C(C)=C1C. The summed E-state index contributed by atoms with van der Waals surface area (Å²) in [5.74, 6) is 0. The molecule has 2 aliphatic rings. The molecule has 0 spiro atoms. The van der Waals surface area contributed by atoms with E-state index in [1.807, 2.05) is 0 Å². The Morgan fingerprint density at radius 3 is 2.35 bits per heavy atom. The first-order valence-electron chi connectivity index (χ1n) is 7.14. The third kappa shape index (κ3) is 2.84. The van der Waals surface area contributed by atoms with E-state index in [-0.39, 0.29) is 0 Å². The summed E-state index contributed by atoms with van der Waals surface area (Å²) in [5.41, 5.74) is 6.10. The van der Waals surface area contributed by atoms with Crippen LogP contribution in [-0.4, -0.2) is 11.8 Å². The molecule has 2 unspecified atom stereocenters. The van der Waals surface area contributed by atoms with E-state index in [1.165, 1.54) is 52.4 Å². The summed E-state index contributed by atoms with van der Waals surface area (Å²) >= 11 is 0. The molecule has 2 aliphatic carbocycles. The highest BCUT2D eigenvalue weighted by molar-refractivity contribution is 7.39. The Morgan fingerprint density at radius 1 is 1.18 bits per heavy atom. The van der Waals surface area contributed by atoms with Gasteiger partial charge in [0.1, 0.15) is 0 Å². The van der Waals surface area contributed by atoms with Crippen LogP contribution < -0.4 is 0 Å². The van der Waals surface area contributed by atoms with Gasteiger partial charge in [0.15, 0.2) is 0 Å². The molecule has 0 nitrogen and oxygen atoms in total. The van der Waals surface area contributed by atoms with Gasteiger partial charge in [-0.15, -0.1) is 8.58 Å². The Bertz CT molecular complexity index is 345. The Morgan fingerprint density at radius 2 is 1.82 bits per heavy atom. The van der Waals surface area contributed by atoms with E-state index in [1.54, 1.807) is 11.1 Å². The zero-order valence-electron chi connectivity index (χ0n) is 11.9. The van der Waals surface area contributed by atoms with E-state index in [0.717, 1.165) is 5.66 Å². The predicted molar refractivity (Wildman–Crippen MR) is 80.3 cm³/mol. The lowest BCUT2D eigenvalue weighted by Crippen LogP contribution is -2.18. The highest BCUT2D eigenvalue weighted by atomic mass is 31.1. The standard InChI is InChI=1S/C16H27P/c1-12-10-16(4,14(3)13(12)2)11-17-15-8-6-5-7-9-15/h10,15,17H,5-9,11H2,1-4H3. The molecule has 1 saturated carbocycles. The Hall–Kier alpha value is -0.0900. The van der Waals surface area contributed by atoms with Gasteiger partial charge in [-0.25, -0.2) is 0 Å². The molecule has 2 atom stereocenters. The van der Waals surface area contributed by atoms with Crippen LogP contribution in [0.15, 0.2) is 22.8 Å². The Balaban J connectivity index is 1.95. The normalized spacial score (nSPS) is 31.6. The molecule has 0 aliphatic heterocycles. The zero-order valence-corrected chi connectivity index (χ0v) is 12.9. The third-order valence-electron chi connectivity index (χ3n) is 4.91. The van der Waals surface area contributed by atoms with Crippen molar-refractivity contribution in [3.63, 3.8) is 0 Å².